The fraction of sp³-hybridized carbons (Fsp3) is 0.407. The van der Waals surface area contributed by atoms with Gasteiger partial charge in [0.25, 0.3) is 0 Å². The number of β-amino-alcohol motifs (C(OH)–C–C–N with tert-alkyl or cyclic N) is 1. The van der Waals surface area contributed by atoms with Crippen LogP contribution >= 0.6 is 0 Å². The summed E-state index contributed by atoms with van der Waals surface area (Å²) in [5.74, 6) is 6.12. The van der Waals surface area contributed by atoms with Gasteiger partial charge in [-0.1, -0.05) is 17.9 Å². The van der Waals surface area contributed by atoms with Gasteiger partial charge in [-0.15, -0.1) is 0 Å². The largest absolute Gasteiger partial charge is 0.391 e. The number of nitrogens with one attached hydrogen (secondary N) is 3. The van der Waals surface area contributed by atoms with Gasteiger partial charge in [0.2, 0.25) is 17.8 Å². The number of likely N-dealkylation sites (tertiary alicyclic amines) is 1. The van der Waals surface area contributed by atoms with Gasteiger partial charge in [0, 0.05) is 51.3 Å². The molecular weight excluding hydrogens is 489 g/mol. The summed E-state index contributed by atoms with van der Waals surface area (Å²) in [6.07, 6.45) is 5.43. The first kappa shape index (κ1) is 28.6. The average molecular weight is 524 g/mol. The van der Waals surface area contributed by atoms with Gasteiger partial charge in [-0.2, -0.15) is 4.98 Å². The van der Waals surface area contributed by atoms with Gasteiger partial charge in [0.05, 0.1) is 17.9 Å². The summed E-state index contributed by atoms with van der Waals surface area (Å²) in [4.78, 5) is 37.2. The normalized spacial score (nSPS) is 16.8. The maximum absolute atomic E-state index is 13.1. The molecule has 202 valence electrons. The number of aromatic nitrogens is 2. The van der Waals surface area contributed by atoms with Crippen LogP contribution in [0, 0.1) is 17.7 Å². The summed E-state index contributed by atoms with van der Waals surface area (Å²) in [5, 5.41) is 18.9. The van der Waals surface area contributed by atoms with E-state index in [1.54, 1.807) is 31.5 Å². The van der Waals surface area contributed by atoms with Crippen LogP contribution in [0.25, 0.3) is 0 Å². The average Bonchev–Trinajstić information content (AvgIpc) is 3.29. The monoisotopic (exact) mass is 523 g/mol. The summed E-state index contributed by atoms with van der Waals surface area (Å²) in [6.45, 7) is 1.15. The molecule has 1 aromatic carbocycles. The molecule has 1 fully saturated rings. The number of aliphatic hydroxyl groups excluding tert-OH is 1. The number of aliphatic hydroxyl groups is 1. The van der Waals surface area contributed by atoms with Crippen molar-refractivity contribution in [3.05, 3.63) is 54.0 Å². The number of hydrogen-bond donors (Lipinski definition) is 4. The van der Waals surface area contributed by atoms with Crippen LogP contribution in [0.15, 0.2) is 42.6 Å². The van der Waals surface area contributed by atoms with Crippen molar-refractivity contribution in [2.24, 2.45) is 0 Å². The molecule has 2 heterocycles. The molecule has 38 heavy (non-hydrogen) atoms. The topological polar surface area (TPSA) is 123 Å². The third-order valence-corrected chi connectivity index (χ3v) is 5.72. The van der Waals surface area contributed by atoms with E-state index in [1.807, 2.05) is 19.0 Å². The Kier molecular flexibility index (Phi) is 10.6. The Balaban J connectivity index is 1.47. The second kappa shape index (κ2) is 14.1. The molecule has 2 aromatic rings. The summed E-state index contributed by atoms with van der Waals surface area (Å²) in [7, 11) is 5.53. The first-order chi connectivity index (χ1) is 18.3. The van der Waals surface area contributed by atoms with E-state index in [0.717, 1.165) is 0 Å². The Bertz CT molecular complexity index is 1190. The number of rotatable bonds is 10. The summed E-state index contributed by atoms with van der Waals surface area (Å²) in [6, 6.07) is 5.20. The Labute approximate surface area is 222 Å². The van der Waals surface area contributed by atoms with Crippen LogP contribution in [-0.4, -0.2) is 89.6 Å². The Morgan fingerprint density at radius 3 is 2.76 bits per heavy atom. The molecule has 0 spiro atoms. The van der Waals surface area contributed by atoms with E-state index in [4.69, 9.17) is 0 Å². The van der Waals surface area contributed by atoms with Crippen molar-refractivity contribution in [3.63, 3.8) is 0 Å². The lowest BCUT2D eigenvalue weighted by atomic mass is 10.2. The molecule has 2 atom stereocenters. The van der Waals surface area contributed by atoms with Crippen molar-refractivity contribution >= 4 is 29.3 Å². The molecule has 4 N–H and O–H groups in total. The van der Waals surface area contributed by atoms with E-state index in [0.29, 0.717) is 48.9 Å². The van der Waals surface area contributed by atoms with Gasteiger partial charge in [-0.3, -0.25) is 9.59 Å². The second-order valence-corrected chi connectivity index (χ2v) is 9.09. The van der Waals surface area contributed by atoms with E-state index in [1.165, 1.54) is 23.1 Å². The van der Waals surface area contributed by atoms with Crippen LogP contribution in [-0.2, 0) is 9.59 Å². The van der Waals surface area contributed by atoms with Crippen LogP contribution in [0.4, 0.5) is 21.8 Å². The minimum Gasteiger partial charge on any atom is -0.391 e. The van der Waals surface area contributed by atoms with Crippen molar-refractivity contribution in [1.29, 1.82) is 0 Å². The maximum atomic E-state index is 13.1. The lowest BCUT2D eigenvalue weighted by molar-refractivity contribution is -0.135. The second-order valence-electron chi connectivity index (χ2n) is 9.09. The minimum atomic E-state index is -0.719. The van der Waals surface area contributed by atoms with E-state index in [9.17, 15) is 19.1 Å². The minimum absolute atomic E-state index is 0.142. The molecule has 3 rings (SSSR count). The molecule has 0 aliphatic carbocycles. The first-order valence-electron chi connectivity index (χ1n) is 12.4. The van der Waals surface area contributed by atoms with Gasteiger partial charge in [-0.05, 0) is 44.8 Å². The summed E-state index contributed by atoms with van der Waals surface area (Å²) < 4.78 is 13.1. The number of hydrogen-bond acceptors (Lipinski definition) is 8. The Hall–Kier alpha value is -4.01. The van der Waals surface area contributed by atoms with E-state index in [-0.39, 0.29) is 30.6 Å². The summed E-state index contributed by atoms with van der Waals surface area (Å²) in [5.41, 5.74) is 1.28. The SMILES string of the molecule is CNc1nc(Nc2ccc(F)cc2)ncc1C#CCCCNC(=O)C1C[C@H](O)CN1C(=O)/C=C/CN(C)C. The zero-order chi connectivity index (χ0) is 27.5. The molecule has 0 bridgehead atoms. The molecule has 1 aromatic heterocycles. The van der Waals surface area contributed by atoms with Gasteiger partial charge in [-0.25, -0.2) is 9.37 Å². The quantitative estimate of drug-likeness (QED) is 0.211. The smallest absolute Gasteiger partial charge is 0.247 e. The molecule has 11 heteroatoms. The van der Waals surface area contributed by atoms with Crippen LogP contribution < -0.4 is 16.0 Å². The molecular formula is C27H34FN7O3. The highest BCUT2D eigenvalue weighted by molar-refractivity contribution is 5.93. The molecule has 1 saturated heterocycles. The fourth-order valence-corrected chi connectivity index (χ4v) is 3.82. The Morgan fingerprint density at radius 1 is 1.29 bits per heavy atom. The highest BCUT2D eigenvalue weighted by Crippen LogP contribution is 2.19. The van der Waals surface area contributed by atoms with Crippen LogP contribution in [0.1, 0.15) is 24.8 Å². The standard InChI is InChI=1S/C27H34FN7O3/c1-29-25-19(17-31-27(33-25)32-21-12-10-20(28)11-13-21)8-5-4-6-14-30-26(38)23-16-22(36)18-35(23)24(37)9-7-15-34(2)3/h7,9-13,17,22-23,36H,4,6,14-16,18H2,1-3H3,(H,30,38)(H2,29,31,32,33)/b9-7+/t22-,23?/m0/s1. The predicted octanol–water partition coefficient (Wildman–Crippen LogP) is 1.73. The first-order valence-corrected chi connectivity index (χ1v) is 12.4. The van der Waals surface area contributed by atoms with Crippen molar-refractivity contribution in [2.75, 3.05) is 51.4 Å². The number of anilines is 3. The zero-order valence-electron chi connectivity index (χ0n) is 21.9. The lowest BCUT2D eigenvalue weighted by Crippen LogP contribution is -2.45. The molecule has 1 aliphatic rings. The third-order valence-electron chi connectivity index (χ3n) is 5.72. The number of unbranched alkanes of at least 4 members (excludes halogenated alkanes) is 1. The van der Waals surface area contributed by atoms with Gasteiger partial charge < -0.3 is 30.9 Å². The molecule has 0 saturated carbocycles. The van der Waals surface area contributed by atoms with Crippen LogP contribution in [0.5, 0.6) is 0 Å². The number of benzene rings is 1. The lowest BCUT2D eigenvalue weighted by Gasteiger charge is -2.22. The van der Waals surface area contributed by atoms with Crippen molar-refractivity contribution in [1.82, 2.24) is 25.1 Å². The van der Waals surface area contributed by atoms with E-state index >= 15 is 0 Å². The fourth-order valence-electron chi connectivity index (χ4n) is 3.82. The number of halogens is 1. The molecule has 10 nitrogen and oxygen atoms in total. The summed E-state index contributed by atoms with van der Waals surface area (Å²) >= 11 is 0. The molecule has 0 radical (unpaired) electrons. The van der Waals surface area contributed by atoms with Crippen LogP contribution in [0.3, 0.4) is 0 Å². The van der Waals surface area contributed by atoms with Gasteiger partial charge >= 0.3 is 0 Å². The van der Waals surface area contributed by atoms with Crippen molar-refractivity contribution in [3.8, 4) is 11.8 Å². The maximum Gasteiger partial charge on any atom is 0.247 e. The number of carbonyl (C=O) groups is 2. The van der Waals surface area contributed by atoms with Crippen molar-refractivity contribution < 1.29 is 19.1 Å². The highest BCUT2D eigenvalue weighted by atomic mass is 19.1. The number of likely N-dealkylation sites (N-methyl/N-ethyl adjacent to an activating group) is 1. The van der Waals surface area contributed by atoms with Gasteiger partial charge in [0.1, 0.15) is 17.7 Å². The molecule has 2 amide bonds. The Morgan fingerprint density at radius 2 is 2.05 bits per heavy atom. The number of carbonyl (C=O) groups excluding carboxylic acids is 2. The van der Waals surface area contributed by atoms with E-state index < -0.39 is 12.1 Å². The predicted molar refractivity (Wildman–Crippen MR) is 144 cm³/mol. The highest BCUT2D eigenvalue weighted by Gasteiger charge is 2.37. The molecule has 1 aliphatic heterocycles. The van der Waals surface area contributed by atoms with E-state index in [2.05, 4.69) is 37.8 Å². The van der Waals surface area contributed by atoms with Gasteiger partial charge in [0.15, 0.2) is 0 Å². The zero-order valence-corrected chi connectivity index (χ0v) is 21.9. The third kappa shape index (κ3) is 8.54. The number of amides is 2. The number of nitrogens with zero attached hydrogens (tertiary/aromatic N) is 4. The van der Waals surface area contributed by atoms with Crippen molar-refractivity contribution in [2.45, 2.75) is 31.4 Å². The van der Waals surface area contributed by atoms with Crippen LogP contribution in [0.2, 0.25) is 0 Å². The molecule has 1 unspecified atom stereocenters.